The predicted octanol–water partition coefficient (Wildman–Crippen LogP) is 10.9. The van der Waals surface area contributed by atoms with Gasteiger partial charge in [0.15, 0.2) is 0 Å². The molecule has 3 heterocycles. The number of nitrogens with zero attached hydrogens (tertiary/aromatic N) is 4. The minimum absolute atomic E-state index is 0. The molecule has 0 amide bonds. The summed E-state index contributed by atoms with van der Waals surface area (Å²) in [4.78, 5) is 9.56. The summed E-state index contributed by atoms with van der Waals surface area (Å²) in [7, 11) is 0. The third-order valence-corrected chi connectivity index (χ3v) is 10.2. The molecule has 0 saturated heterocycles. The maximum Gasteiger partial charge on any atom is 0.145 e. The Kier molecular flexibility index (Phi) is 7.91. The molecule has 53 heavy (non-hydrogen) atoms. The Morgan fingerprint density at radius 2 is 1.28 bits per heavy atom. The number of hydroxylamine groups is 1. The van der Waals surface area contributed by atoms with Crippen LogP contribution in [0.25, 0.3) is 27.6 Å². The van der Waals surface area contributed by atoms with E-state index >= 15 is 0 Å². The molecule has 1 N–H and O–H groups in total. The normalized spacial score (nSPS) is 14.1. The van der Waals surface area contributed by atoms with E-state index in [2.05, 4.69) is 146 Å². The summed E-state index contributed by atoms with van der Waals surface area (Å²) >= 11 is 0. The van der Waals surface area contributed by atoms with Crippen LogP contribution in [-0.4, -0.2) is 21.5 Å². The van der Waals surface area contributed by atoms with Gasteiger partial charge in [0.2, 0.25) is 0 Å². The maximum atomic E-state index is 8.24. The van der Waals surface area contributed by atoms with Crippen LogP contribution in [0.15, 0.2) is 158 Å². The SMILES string of the molecule is [2H]C([2H])([2H])N1[OH+]N(c2[c-]c(C(c3[c-]c4c(cc3)c3ccccc3n4-c3cc(C(C)(C)C)ccn3)(c3ccccc3)c3ccccc3)ccc2)c2ccccc21.[Pt]. The zero-order valence-electron chi connectivity index (χ0n) is 32.6. The summed E-state index contributed by atoms with van der Waals surface area (Å²) in [6.45, 7) is 4.19. The summed E-state index contributed by atoms with van der Waals surface area (Å²) in [5.41, 5.74) is 7.82. The average molecular weight is 874 g/mol. The van der Waals surface area contributed by atoms with Crippen molar-refractivity contribution in [3.8, 4) is 5.82 Å². The second-order valence-corrected chi connectivity index (χ2v) is 14.3. The quantitative estimate of drug-likeness (QED) is 0.0949. The van der Waals surface area contributed by atoms with Gasteiger partial charge in [0.05, 0.1) is 11.1 Å². The van der Waals surface area contributed by atoms with Crippen LogP contribution in [-0.2, 0) is 31.9 Å². The molecule has 0 aliphatic carbocycles. The number of rotatable bonds is 6. The number of aromatic nitrogens is 2. The molecule has 0 bridgehead atoms. The van der Waals surface area contributed by atoms with Crippen molar-refractivity contribution in [3.63, 3.8) is 0 Å². The number of anilines is 3. The van der Waals surface area contributed by atoms with E-state index in [0.29, 0.717) is 17.1 Å². The van der Waals surface area contributed by atoms with Crippen LogP contribution in [0.1, 0.15) is 52.7 Å². The van der Waals surface area contributed by atoms with Crippen LogP contribution in [0, 0.1) is 12.1 Å². The largest absolute Gasteiger partial charge is 0.319 e. The molecule has 8 aromatic rings. The third kappa shape index (κ3) is 5.67. The van der Waals surface area contributed by atoms with Crippen molar-refractivity contribution in [1.82, 2.24) is 9.55 Å². The Morgan fingerprint density at radius 3 is 2.00 bits per heavy atom. The van der Waals surface area contributed by atoms with Crippen molar-refractivity contribution >= 4 is 38.9 Å². The van der Waals surface area contributed by atoms with Crippen molar-refractivity contribution < 1.29 is 30.1 Å². The van der Waals surface area contributed by atoms with Gasteiger partial charge in [0, 0.05) is 43.9 Å². The molecule has 1 aliphatic heterocycles. The average Bonchev–Trinajstić information content (AvgIpc) is 3.76. The van der Waals surface area contributed by atoms with Crippen LogP contribution in [0.4, 0.5) is 17.1 Å². The van der Waals surface area contributed by atoms with Gasteiger partial charge in [-0.3, -0.25) is 0 Å². The molecule has 0 fully saturated rings. The topological polar surface area (TPSA) is 37.1 Å². The first-order chi connectivity index (χ1) is 26.5. The Bertz CT molecular complexity index is 2650. The van der Waals surface area contributed by atoms with Gasteiger partial charge >= 0.3 is 0 Å². The fraction of sp³-hybridized carbons (Fsp3) is 0.128. The van der Waals surface area contributed by atoms with Gasteiger partial charge in [0.1, 0.15) is 17.2 Å². The van der Waals surface area contributed by atoms with Crippen LogP contribution in [0.3, 0.4) is 0 Å². The molecule has 0 saturated carbocycles. The van der Waals surface area contributed by atoms with Gasteiger partial charge in [-0.05, 0) is 57.8 Å². The van der Waals surface area contributed by atoms with Crippen LogP contribution in [0.2, 0.25) is 0 Å². The van der Waals surface area contributed by atoms with E-state index in [1.54, 1.807) is 11.1 Å². The Labute approximate surface area is 329 Å². The first-order valence-corrected chi connectivity index (χ1v) is 17.5. The van der Waals surface area contributed by atoms with Crippen molar-refractivity contribution in [1.29, 1.82) is 0 Å². The smallest absolute Gasteiger partial charge is 0.145 e. The van der Waals surface area contributed by atoms with Crippen molar-refractivity contribution in [2.75, 3.05) is 17.1 Å². The number of para-hydroxylation sites is 3. The molecule has 0 radical (unpaired) electrons. The second kappa shape index (κ2) is 13.5. The molecule has 6 aromatic carbocycles. The van der Waals surface area contributed by atoms with Crippen LogP contribution >= 0.6 is 0 Å². The van der Waals surface area contributed by atoms with Crippen molar-refractivity contribution in [3.05, 3.63) is 198 Å². The third-order valence-electron chi connectivity index (χ3n) is 10.2. The molecule has 2 aromatic heterocycles. The van der Waals surface area contributed by atoms with Crippen LogP contribution in [0.5, 0.6) is 0 Å². The maximum absolute atomic E-state index is 8.24. The van der Waals surface area contributed by atoms with Gasteiger partial charge in [-0.2, -0.15) is 35.3 Å². The number of hydrogen-bond acceptors (Lipinski definition) is 3. The zero-order chi connectivity index (χ0) is 38.0. The molecule has 264 valence electrons. The summed E-state index contributed by atoms with van der Waals surface area (Å²) in [5, 5.41) is 4.97. The molecule has 0 unspecified atom stereocenters. The van der Waals surface area contributed by atoms with Gasteiger partial charge in [-0.1, -0.05) is 117 Å². The summed E-state index contributed by atoms with van der Waals surface area (Å²) < 4.78 is 26.9. The van der Waals surface area contributed by atoms with Crippen molar-refractivity contribution in [2.45, 2.75) is 31.6 Å². The number of fused-ring (bicyclic) bond motifs is 4. The van der Waals surface area contributed by atoms with E-state index in [0.717, 1.165) is 54.9 Å². The molecule has 9 rings (SSSR count). The summed E-state index contributed by atoms with van der Waals surface area (Å²) in [6, 6.07) is 59.2. The van der Waals surface area contributed by atoms with E-state index in [4.69, 9.17) is 9.10 Å². The molecular formula is C47H39N4OPt-. The fourth-order valence-corrected chi connectivity index (χ4v) is 7.65. The van der Waals surface area contributed by atoms with E-state index in [9.17, 15) is 0 Å². The monoisotopic (exact) mass is 873 g/mol. The molecule has 5 nitrogen and oxygen atoms in total. The molecule has 6 heteroatoms. The Morgan fingerprint density at radius 1 is 0.623 bits per heavy atom. The minimum Gasteiger partial charge on any atom is -0.319 e. The number of hydrogen-bond donors (Lipinski definition) is 0. The fourth-order valence-electron chi connectivity index (χ4n) is 7.65. The molecule has 1 aliphatic rings. The molecule has 0 atom stereocenters. The molecular weight excluding hydrogens is 832 g/mol. The first kappa shape index (κ1) is 31.1. The predicted molar refractivity (Wildman–Crippen MR) is 212 cm³/mol. The number of pyridine rings is 1. The Hall–Kier alpha value is -5.48. The van der Waals surface area contributed by atoms with E-state index in [1.807, 2.05) is 48.7 Å². The van der Waals surface area contributed by atoms with Gasteiger partial charge in [-0.15, -0.1) is 38.8 Å². The zero-order valence-corrected chi connectivity index (χ0v) is 31.8. The van der Waals surface area contributed by atoms with Gasteiger partial charge in [0.25, 0.3) is 0 Å². The van der Waals surface area contributed by atoms with Gasteiger partial charge in [-0.25, -0.2) is 4.98 Å². The van der Waals surface area contributed by atoms with E-state index < -0.39 is 12.4 Å². The Balaban J connectivity index is 0.00000441. The summed E-state index contributed by atoms with van der Waals surface area (Å²) in [5.74, 6) is 0.832. The molecule has 0 spiro atoms. The van der Waals surface area contributed by atoms with E-state index in [1.165, 1.54) is 5.56 Å². The van der Waals surface area contributed by atoms with E-state index in [-0.39, 0.29) is 26.5 Å². The first-order valence-electron chi connectivity index (χ1n) is 19.0. The van der Waals surface area contributed by atoms with Gasteiger partial charge < -0.3 is 4.57 Å². The van der Waals surface area contributed by atoms with Crippen LogP contribution < -0.4 is 10.1 Å². The standard InChI is InChI=1S/C47H38N4O.Pt/c1-46(2,3)35-28-29-48-45(32-35)50-41-23-12-11-22-39(41)40-27-26-37(31-44(40)50)47(33-16-7-5-8-17-33,34-18-9-6-10-19-34)36-20-15-21-38(30-36)51-43-25-14-13-24-42(43)49(4)52-51;/h5-29,32H,1-4H3;/q-2;/p+1/i4D3;. The second-order valence-electron chi connectivity index (χ2n) is 14.3. The minimum atomic E-state index is -2.47. The van der Waals surface area contributed by atoms with Crippen molar-refractivity contribution in [2.24, 2.45) is 0 Å². The summed E-state index contributed by atoms with van der Waals surface area (Å²) in [6.07, 6.45) is 1.90. The number of benzene rings is 6.